The van der Waals surface area contributed by atoms with Crippen LogP contribution in [0.2, 0.25) is 0 Å². The monoisotopic (exact) mass is 384 g/mol. The van der Waals surface area contributed by atoms with Crippen LogP contribution in [0.4, 0.5) is 32.0 Å². The zero-order valence-electron chi connectivity index (χ0n) is 13.2. The Labute approximate surface area is 143 Å². The van der Waals surface area contributed by atoms with Crippen molar-refractivity contribution in [2.24, 2.45) is 5.10 Å². The van der Waals surface area contributed by atoms with Gasteiger partial charge in [0.05, 0.1) is 12.1 Å². The van der Waals surface area contributed by atoms with Crippen molar-refractivity contribution < 1.29 is 36.2 Å². The molecule has 0 bridgehead atoms. The fourth-order valence-electron chi connectivity index (χ4n) is 2.21. The molecule has 0 aromatic heterocycles. The highest BCUT2D eigenvalue weighted by molar-refractivity contribution is 6.03. The van der Waals surface area contributed by atoms with E-state index in [9.17, 15) is 31.1 Å². The van der Waals surface area contributed by atoms with E-state index in [0.29, 0.717) is 6.07 Å². The molecule has 1 aromatic rings. The Balaban J connectivity index is 2.32. The molecule has 0 unspecified atom stereocenters. The maximum atomic E-state index is 13.3. The SMILES string of the molecule is CN1CC(=O)NN=C1c1ccc(NC[C@@H](O)C(F)(F)F)c(C(F)(F)F)c1. The second-order valence-corrected chi connectivity index (χ2v) is 5.52. The van der Waals surface area contributed by atoms with E-state index in [0.717, 1.165) is 6.07 Å². The fourth-order valence-corrected chi connectivity index (χ4v) is 2.21. The third-order valence-corrected chi connectivity index (χ3v) is 3.48. The third kappa shape index (κ3) is 4.56. The van der Waals surface area contributed by atoms with Gasteiger partial charge in [-0.25, -0.2) is 5.43 Å². The number of rotatable bonds is 4. The number of halogens is 6. The Hall–Kier alpha value is -2.50. The highest BCUT2D eigenvalue weighted by Crippen LogP contribution is 2.36. The smallest absolute Gasteiger partial charge is 0.382 e. The molecule has 0 spiro atoms. The number of carbonyl (C=O) groups excluding carboxylic acids is 1. The minimum Gasteiger partial charge on any atom is -0.382 e. The maximum Gasteiger partial charge on any atom is 0.418 e. The molecule has 26 heavy (non-hydrogen) atoms. The van der Waals surface area contributed by atoms with E-state index >= 15 is 0 Å². The van der Waals surface area contributed by atoms with Gasteiger partial charge in [-0.1, -0.05) is 0 Å². The van der Waals surface area contributed by atoms with E-state index in [4.69, 9.17) is 5.11 Å². The summed E-state index contributed by atoms with van der Waals surface area (Å²) in [6, 6.07) is 2.85. The number of benzene rings is 1. The summed E-state index contributed by atoms with van der Waals surface area (Å²) in [4.78, 5) is 12.5. The molecule has 0 saturated heterocycles. The highest BCUT2D eigenvalue weighted by atomic mass is 19.4. The number of likely N-dealkylation sites (N-methyl/N-ethyl adjacent to an activating group) is 1. The Kier molecular flexibility index (Phi) is 5.35. The van der Waals surface area contributed by atoms with E-state index in [-0.39, 0.29) is 17.9 Å². The Morgan fingerprint density at radius 2 is 1.96 bits per heavy atom. The molecule has 0 radical (unpaired) electrons. The van der Waals surface area contributed by atoms with Crippen LogP contribution in [0.25, 0.3) is 0 Å². The lowest BCUT2D eigenvalue weighted by Gasteiger charge is -2.25. The molecule has 1 aliphatic heterocycles. The van der Waals surface area contributed by atoms with Gasteiger partial charge in [0.2, 0.25) is 0 Å². The van der Waals surface area contributed by atoms with Crippen molar-refractivity contribution in [3.05, 3.63) is 29.3 Å². The van der Waals surface area contributed by atoms with Crippen LogP contribution in [0.1, 0.15) is 11.1 Å². The van der Waals surface area contributed by atoms with Gasteiger partial charge >= 0.3 is 12.4 Å². The lowest BCUT2D eigenvalue weighted by Crippen LogP contribution is -2.43. The number of aliphatic hydroxyl groups excluding tert-OH is 1. The van der Waals surface area contributed by atoms with Crippen LogP contribution in [0, 0.1) is 0 Å². The summed E-state index contributed by atoms with van der Waals surface area (Å²) in [6.07, 6.45) is -12.6. The molecule has 0 fully saturated rings. The van der Waals surface area contributed by atoms with Crippen LogP contribution in [0.5, 0.6) is 0 Å². The first-order valence-corrected chi connectivity index (χ1v) is 7.17. The number of hydrazone groups is 1. The first-order valence-electron chi connectivity index (χ1n) is 7.17. The van der Waals surface area contributed by atoms with Crippen molar-refractivity contribution in [2.75, 3.05) is 25.5 Å². The minimum atomic E-state index is -4.96. The molecule has 0 saturated carbocycles. The van der Waals surface area contributed by atoms with E-state index in [2.05, 4.69) is 10.5 Å². The molecule has 0 aliphatic carbocycles. The number of amides is 1. The predicted octanol–water partition coefficient (Wildman–Crippen LogP) is 1.76. The number of hydrogen-bond donors (Lipinski definition) is 3. The van der Waals surface area contributed by atoms with E-state index < -0.39 is 42.2 Å². The molecule has 2 rings (SSSR count). The van der Waals surface area contributed by atoms with E-state index in [1.807, 2.05) is 5.32 Å². The molecular formula is C14H14F6N4O2. The average molecular weight is 384 g/mol. The second kappa shape index (κ2) is 7.02. The summed E-state index contributed by atoms with van der Waals surface area (Å²) < 4.78 is 76.7. The summed E-state index contributed by atoms with van der Waals surface area (Å²) in [7, 11) is 1.46. The van der Waals surface area contributed by atoms with Gasteiger partial charge < -0.3 is 15.3 Å². The van der Waals surface area contributed by atoms with Crippen molar-refractivity contribution in [1.82, 2.24) is 10.3 Å². The van der Waals surface area contributed by atoms with Gasteiger partial charge in [-0.15, -0.1) is 0 Å². The summed E-state index contributed by atoms with van der Waals surface area (Å²) in [5.41, 5.74) is 0.316. The fraction of sp³-hybridized carbons (Fsp3) is 0.429. The molecule has 3 N–H and O–H groups in total. The van der Waals surface area contributed by atoms with Gasteiger partial charge in [0.25, 0.3) is 5.91 Å². The summed E-state index contributed by atoms with van der Waals surface area (Å²) >= 11 is 0. The van der Waals surface area contributed by atoms with Crippen molar-refractivity contribution in [1.29, 1.82) is 0 Å². The Morgan fingerprint density at radius 1 is 1.31 bits per heavy atom. The topological polar surface area (TPSA) is 77.0 Å². The molecule has 12 heteroatoms. The number of alkyl halides is 6. The lowest BCUT2D eigenvalue weighted by molar-refractivity contribution is -0.198. The molecule has 1 heterocycles. The van der Waals surface area contributed by atoms with Crippen LogP contribution in [-0.2, 0) is 11.0 Å². The van der Waals surface area contributed by atoms with Crippen molar-refractivity contribution in [2.45, 2.75) is 18.5 Å². The van der Waals surface area contributed by atoms with Crippen molar-refractivity contribution in [3.8, 4) is 0 Å². The maximum absolute atomic E-state index is 13.3. The number of carbonyl (C=O) groups is 1. The zero-order valence-corrected chi connectivity index (χ0v) is 13.2. The largest absolute Gasteiger partial charge is 0.418 e. The van der Waals surface area contributed by atoms with Crippen LogP contribution in [0.3, 0.4) is 0 Å². The number of amidine groups is 1. The van der Waals surface area contributed by atoms with Crippen molar-refractivity contribution in [3.63, 3.8) is 0 Å². The van der Waals surface area contributed by atoms with Crippen LogP contribution in [-0.4, -0.2) is 54.2 Å². The zero-order chi connectivity index (χ0) is 19.7. The van der Waals surface area contributed by atoms with Gasteiger partial charge in [-0.3, -0.25) is 4.79 Å². The average Bonchev–Trinajstić information content (AvgIpc) is 2.50. The number of aliphatic hydroxyl groups is 1. The summed E-state index contributed by atoms with van der Waals surface area (Å²) in [5, 5.41) is 14.6. The van der Waals surface area contributed by atoms with E-state index in [1.165, 1.54) is 18.0 Å². The van der Waals surface area contributed by atoms with Crippen LogP contribution in [0.15, 0.2) is 23.3 Å². The summed E-state index contributed by atoms with van der Waals surface area (Å²) in [6.45, 7) is -1.25. The Morgan fingerprint density at radius 3 is 2.50 bits per heavy atom. The molecular weight excluding hydrogens is 370 g/mol. The van der Waals surface area contributed by atoms with Gasteiger partial charge in [0.15, 0.2) is 11.9 Å². The van der Waals surface area contributed by atoms with Crippen molar-refractivity contribution >= 4 is 17.4 Å². The second-order valence-electron chi connectivity index (χ2n) is 5.52. The van der Waals surface area contributed by atoms with Gasteiger partial charge in [0, 0.05) is 24.8 Å². The molecule has 1 atom stereocenters. The Bertz CT molecular complexity index is 716. The normalized spacial score (nSPS) is 16.8. The lowest BCUT2D eigenvalue weighted by atomic mass is 10.1. The number of hydrogen-bond acceptors (Lipinski definition) is 5. The van der Waals surface area contributed by atoms with Crippen LogP contribution < -0.4 is 10.7 Å². The van der Waals surface area contributed by atoms with Gasteiger partial charge in [-0.05, 0) is 18.2 Å². The number of anilines is 1. The molecule has 144 valence electrons. The molecule has 1 aromatic carbocycles. The molecule has 6 nitrogen and oxygen atoms in total. The third-order valence-electron chi connectivity index (χ3n) is 3.48. The quantitative estimate of drug-likeness (QED) is 0.692. The minimum absolute atomic E-state index is 0.0155. The van der Waals surface area contributed by atoms with E-state index in [1.54, 1.807) is 0 Å². The molecule has 1 amide bonds. The highest BCUT2D eigenvalue weighted by Gasteiger charge is 2.39. The first kappa shape index (κ1) is 19.8. The van der Waals surface area contributed by atoms with Crippen LogP contribution >= 0.6 is 0 Å². The first-order chi connectivity index (χ1) is 11.9. The predicted molar refractivity (Wildman–Crippen MR) is 79.3 cm³/mol. The molecule has 1 aliphatic rings. The van der Waals surface area contributed by atoms with Gasteiger partial charge in [-0.2, -0.15) is 31.4 Å². The summed E-state index contributed by atoms with van der Waals surface area (Å²) in [5.74, 6) is -0.372. The number of nitrogens with zero attached hydrogens (tertiary/aromatic N) is 2. The number of nitrogens with one attached hydrogen (secondary N) is 2. The van der Waals surface area contributed by atoms with Gasteiger partial charge in [0.1, 0.15) is 0 Å². The standard InChI is InChI=1S/C14H14F6N4O2/c1-24-6-11(26)22-23-12(24)7-2-3-9(8(4-7)13(15,16)17)21-5-10(25)14(18,19)20/h2-4,10,21,25H,5-6H2,1H3,(H,22,26)/t10-/m1/s1.